The lowest BCUT2D eigenvalue weighted by Crippen LogP contribution is -2.34. The fourth-order valence-electron chi connectivity index (χ4n) is 2.29. The minimum atomic E-state index is 0.718. The van der Waals surface area contributed by atoms with Crippen LogP contribution >= 0.6 is 0 Å². The highest BCUT2D eigenvalue weighted by molar-refractivity contribution is 4.79. The van der Waals surface area contributed by atoms with Crippen molar-refractivity contribution >= 4 is 0 Å². The minimum Gasteiger partial charge on any atom is -0.317 e. The van der Waals surface area contributed by atoms with E-state index in [4.69, 9.17) is 0 Å². The summed E-state index contributed by atoms with van der Waals surface area (Å²) in [6, 6.07) is 1.44. The molecule has 2 nitrogen and oxygen atoms in total. The molecule has 1 atom stereocenters. The summed E-state index contributed by atoms with van der Waals surface area (Å²) >= 11 is 0. The van der Waals surface area contributed by atoms with E-state index in [2.05, 4.69) is 38.0 Å². The Kier molecular flexibility index (Phi) is 6.37. The lowest BCUT2D eigenvalue weighted by molar-refractivity contribution is 0.205. The van der Waals surface area contributed by atoms with E-state index in [1.54, 1.807) is 0 Å². The highest BCUT2D eigenvalue weighted by atomic mass is 15.1. The first-order valence-electron chi connectivity index (χ1n) is 7.08. The Morgan fingerprint density at radius 1 is 1.31 bits per heavy atom. The van der Waals surface area contributed by atoms with Crippen LogP contribution in [0, 0.1) is 5.92 Å². The van der Waals surface area contributed by atoms with E-state index in [0.29, 0.717) is 0 Å². The van der Waals surface area contributed by atoms with Gasteiger partial charge in [-0.15, -0.1) is 0 Å². The second-order valence-corrected chi connectivity index (χ2v) is 5.57. The summed E-state index contributed by atoms with van der Waals surface area (Å²) in [6.07, 6.45) is 6.85. The second-order valence-electron chi connectivity index (χ2n) is 5.57. The topological polar surface area (TPSA) is 15.3 Å². The SMILES string of the molecule is CCC(CCCN(CC1CC1)C(C)C)NC. The van der Waals surface area contributed by atoms with Crippen LogP contribution in [0.5, 0.6) is 0 Å². The summed E-state index contributed by atoms with van der Waals surface area (Å²) in [7, 11) is 2.08. The highest BCUT2D eigenvalue weighted by Crippen LogP contribution is 2.30. The van der Waals surface area contributed by atoms with Gasteiger partial charge < -0.3 is 10.2 Å². The zero-order valence-electron chi connectivity index (χ0n) is 11.6. The molecule has 1 unspecified atom stereocenters. The third-order valence-electron chi connectivity index (χ3n) is 3.82. The van der Waals surface area contributed by atoms with E-state index >= 15 is 0 Å². The van der Waals surface area contributed by atoms with Gasteiger partial charge in [0, 0.05) is 18.6 Å². The maximum Gasteiger partial charge on any atom is 0.00619 e. The van der Waals surface area contributed by atoms with Gasteiger partial charge in [0.15, 0.2) is 0 Å². The van der Waals surface area contributed by atoms with Gasteiger partial charge in [-0.25, -0.2) is 0 Å². The molecular formula is C14H30N2. The molecule has 1 saturated carbocycles. The largest absolute Gasteiger partial charge is 0.317 e. The third-order valence-corrected chi connectivity index (χ3v) is 3.82. The summed E-state index contributed by atoms with van der Waals surface area (Å²) in [5.74, 6) is 1.02. The number of nitrogens with zero attached hydrogens (tertiary/aromatic N) is 1. The van der Waals surface area contributed by atoms with Crippen molar-refractivity contribution in [3.63, 3.8) is 0 Å². The normalized spacial score (nSPS) is 18.4. The van der Waals surface area contributed by atoms with Gasteiger partial charge in [-0.3, -0.25) is 0 Å². The number of rotatable bonds is 9. The molecule has 0 radical (unpaired) electrons. The molecule has 96 valence electrons. The molecule has 1 aliphatic carbocycles. The summed E-state index contributed by atoms with van der Waals surface area (Å²) < 4.78 is 0. The van der Waals surface area contributed by atoms with E-state index < -0.39 is 0 Å². The maximum atomic E-state index is 3.39. The first kappa shape index (κ1) is 14.0. The van der Waals surface area contributed by atoms with Gasteiger partial charge in [0.25, 0.3) is 0 Å². The standard InChI is InChI=1S/C14H30N2/c1-5-14(15-4)7-6-10-16(12(2)3)11-13-8-9-13/h12-15H,5-11H2,1-4H3. The van der Waals surface area contributed by atoms with Crippen molar-refractivity contribution in [1.82, 2.24) is 10.2 Å². The Morgan fingerprint density at radius 2 is 2.00 bits per heavy atom. The average molecular weight is 226 g/mol. The average Bonchev–Trinajstić information content (AvgIpc) is 3.06. The van der Waals surface area contributed by atoms with Crippen LogP contribution in [0.15, 0.2) is 0 Å². The number of nitrogens with one attached hydrogen (secondary N) is 1. The van der Waals surface area contributed by atoms with Crippen molar-refractivity contribution in [2.45, 2.75) is 65.0 Å². The highest BCUT2D eigenvalue weighted by Gasteiger charge is 2.25. The lowest BCUT2D eigenvalue weighted by Gasteiger charge is -2.27. The summed E-state index contributed by atoms with van der Waals surface area (Å²) in [5.41, 5.74) is 0. The van der Waals surface area contributed by atoms with Gasteiger partial charge in [0.1, 0.15) is 0 Å². The first-order chi connectivity index (χ1) is 7.67. The molecule has 2 heteroatoms. The predicted molar refractivity (Wildman–Crippen MR) is 71.8 cm³/mol. The van der Waals surface area contributed by atoms with Gasteiger partial charge in [0.2, 0.25) is 0 Å². The monoisotopic (exact) mass is 226 g/mol. The van der Waals surface area contributed by atoms with Crippen LogP contribution in [-0.2, 0) is 0 Å². The maximum absolute atomic E-state index is 3.39. The van der Waals surface area contributed by atoms with Crippen molar-refractivity contribution in [2.75, 3.05) is 20.1 Å². The van der Waals surface area contributed by atoms with Crippen LogP contribution in [0.4, 0.5) is 0 Å². The molecule has 1 fully saturated rings. The van der Waals surface area contributed by atoms with E-state index in [1.807, 2.05) is 0 Å². The van der Waals surface area contributed by atoms with E-state index in [0.717, 1.165) is 18.0 Å². The molecule has 0 spiro atoms. The van der Waals surface area contributed by atoms with Crippen molar-refractivity contribution in [2.24, 2.45) is 5.92 Å². The molecule has 0 aliphatic heterocycles. The minimum absolute atomic E-state index is 0.718. The second kappa shape index (κ2) is 7.29. The van der Waals surface area contributed by atoms with Crippen LogP contribution in [0.1, 0.15) is 52.9 Å². The Morgan fingerprint density at radius 3 is 2.44 bits per heavy atom. The van der Waals surface area contributed by atoms with Crippen molar-refractivity contribution in [3.05, 3.63) is 0 Å². The Labute approximate surface area is 102 Å². The molecule has 0 aromatic rings. The van der Waals surface area contributed by atoms with Crippen LogP contribution < -0.4 is 5.32 Å². The third kappa shape index (κ3) is 5.31. The van der Waals surface area contributed by atoms with E-state index in [1.165, 1.54) is 45.2 Å². The van der Waals surface area contributed by atoms with Crippen LogP contribution in [0.3, 0.4) is 0 Å². The molecule has 1 rings (SSSR count). The molecule has 0 aromatic carbocycles. The molecular weight excluding hydrogens is 196 g/mol. The smallest absolute Gasteiger partial charge is 0.00619 e. The fraction of sp³-hybridized carbons (Fsp3) is 1.00. The predicted octanol–water partition coefficient (Wildman–Crippen LogP) is 2.89. The quantitative estimate of drug-likeness (QED) is 0.650. The lowest BCUT2D eigenvalue weighted by atomic mass is 10.1. The molecule has 0 bridgehead atoms. The van der Waals surface area contributed by atoms with Crippen LogP contribution in [-0.4, -0.2) is 37.1 Å². The summed E-state index contributed by atoms with van der Waals surface area (Å²) in [6.45, 7) is 9.56. The summed E-state index contributed by atoms with van der Waals surface area (Å²) in [5, 5.41) is 3.39. The zero-order chi connectivity index (χ0) is 12.0. The molecule has 0 amide bonds. The Balaban J connectivity index is 2.15. The van der Waals surface area contributed by atoms with Crippen molar-refractivity contribution in [3.8, 4) is 0 Å². The van der Waals surface area contributed by atoms with Gasteiger partial charge in [-0.1, -0.05) is 6.92 Å². The molecule has 1 aliphatic rings. The molecule has 16 heavy (non-hydrogen) atoms. The molecule has 0 saturated heterocycles. The molecule has 0 heterocycles. The van der Waals surface area contributed by atoms with E-state index in [-0.39, 0.29) is 0 Å². The van der Waals surface area contributed by atoms with Crippen molar-refractivity contribution in [1.29, 1.82) is 0 Å². The zero-order valence-corrected chi connectivity index (χ0v) is 11.6. The molecule has 0 aromatic heterocycles. The first-order valence-corrected chi connectivity index (χ1v) is 7.08. The summed E-state index contributed by atoms with van der Waals surface area (Å²) in [4.78, 5) is 2.67. The Bertz CT molecular complexity index is 172. The van der Waals surface area contributed by atoms with Gasteiger partial charge in [0.05, 0.1) is 0 Å². The number of hydrogen-bond acceptors (Lipinski definition) is 2. The fourth-order valence-corrected chi connectivity index (χ4v) is 2.29. The van der Waals surface area contributed by atoms with Gasteiger partial charge >= 0.3 is 0 Å². The van der Waals surface area contributed by atoms with Crippen LogP contribution in [0.25, 0.3) is 0 Å². The van der Waals surface area contributed by atoms with Gasteiger partial charge in [-0.05, 0) is 65.5 Å². The van der Waals surface area contributed by atoms with Crippen molar-refractivity contribution < 1.29 is 0 Å². The molecule has 1 N–H and O–H groups in total. The van der Waals surface area contributed by atoms with E-state index in [9.17, 15) is 0 Å². The Hall–Kier alpha value is -0.0800. The van der Waals surface area contributed by atoms with Crippen LogP contribution in [0.2, 0.25) is 0 Å². The van der Waals surface area contributed by atoms with Gasteiger partial charge in [-0.2, -0.15) is 0 Å². The number of hydrogen-bond donors (Lipinski definition) is 1.